The van der Waals surface area contributed by atoms with Gasteiger partial charge in [0.1, 0.15) is 42.6 Å². The number of pyridine rings is 1. The third-order valence-corrected chi connectivity index (χ3v) is 5.94. The Kier molecular flexibility index (Phi) is 5.18. The minimum Gasteiger partial charge on any atom is -0.462 e. The lowest BCUT2D eigenvalue weighted by atomic mass is 10.1. The zero-order chi connectivity index (χ0) is 24.7. The zero-order valence-electron chi connectivity index (χ0n) is 20.2. The van der Waals surface area contributed by atoms with E-state index in [2.05, 4.69) is 30.6 Å². The fourth-order valence-electron chi connectivity index (χ4n) is 4.12. The number of benzene rings is 2. The van der Waals surface area contributed by atoms with Crippen molar-refractivity contribution in [3.05, 3.63) is 79.0 Å². The fraction of sp³-hybridized carbons (Fsp3) is 0.185. The van der Waals surface area contributed by atoms with Gasteiger partial charge in [-0.2, -0.15) is 0 Å². The largest absolute Gasteiger partial charge is 0.462 e. The average molecular weight is 481 g/mol. The smallest absolute Gasteiger partial charge is 0.289 e. The van der Waals surface area contributed by atoms with Gasteiger partial charge in [-0.25, -0.2) is 24.3 Å². The van der Waals surface area contributed by atoms with Crippen LogP contribution in [0.5, 0.6) is 11.5 Å². The second kappa shape index (κ2) is 8.53. The number of aromatic nitrogens is 4. The van der Waals surface area contributed by atoms with Crippen LogP contribution < -0.4 is 19.8 Å². The number of imidazole rings is 1. The summed E-state index contributed by atoms with van der Waals surface area (Å²) in [6.45, 7) is 6.65. The van der Waals surface area contributed by atoms with Crippen molar-refractivity contribution in [2.45, 2.75) is 26.3 Å². The van der Waals surface area contributed by atoms with Gasteiger partial charge in [0.05, 0.1) is 23.3 Å². The van der Waals surface area contributed by atoms with E-state index < -0.39 is 0 Å². The Morgan fingerprint density at radius 2 is 1.86 bits per heavy atom. The van der Waals surface area contributed by atoms with Gasteiger partial charge in [0.2, 0.25) is 0 Å². The topological polar surface area (TPSA) is 101 Å². The quantitative estimate of drug-likeness (QED) is 0.302. The van der Waals surface area contributed by atoms with Crippen LogP contribution in [0.25, 0.3) is 16.6 Å². The molecule has 36 heavy (non-hydrogen) atoms. The van der Waals surface area contributed by atoms with Gasteiger partial charge < -0.3 is 20.1 Å². The number of hydrogen-bond acceptors (Lipinski definition) is 7. The van der Waals surface area contributed by atoms with E-state index in [0.29, 0.717) is 18.4 Å². The Labute approximate surface area is 207 Å². The van der Waals surface area contributed by atoms with Crippen molar-refractivity contribution in [3.8, 4) is 11.5 Å². The highest BCUT2D eigenvalue weighted by Crippen LogP contribution is 2.31. The summed E-state index contributed by atoms with van der Waals surface area (Å²) in [7, 11) is 0. The number of rotatable bonds is 5. The van der Waals surface area contributed by atoms with Crippen LogP contribution in [-0.4, -0.2) is 33.1 Å². The first-order valence-corrected chi connectivity index (χ1v) is 11.7. The summed E-state index contributed by atoms with van der Waals surface area (Å²) < 4.78 is 13.8. The molecule has 5 aromatic rings. The SMILES string of the molecule is Cc1cc(Nc2ncnc3ccc(NC4=NC(C)(C)CO4)cc23)ccc1Oc1cc[n+]2cc[nH]c2c1. The number of amidine groups is 1. The Hall–Kier alpha value is -4.66. The number of nitrogens with zero attached hydrogens (tertiary/aromatic N) is 4. The van der Waals surface area contributed by atoms with E-state index in [1.165, 1.54) is 0 Å². The van der Waals surface area contributed by atoms with Crippen molar-refractivity contribution in [2.24, 2.45) is 4.99 Å². The Balaban J connectivity index is 1.23. The van der Waals surface area contributed by atoms with E-state index in [9.17, 15) is 0 Å². The molecule has 6 rings (SSSR count). The highest BCUT2D eigenvalue weighted by Gasteiger charge is 2.26. The van der Waals surface area contributed by atoms with Crippen LogP contribution in [0.2, 0.25) is 0 Å². The van der Waals surface area contributed by atoms with E-state index in [1.807, 2.05) is 92.3 Å². The van der Waals surface area contributed by atoms with Crippen LogP contribution >= 0.6 is 0 Å². The second-order valence-corrected chi connectivity index (χ2v) is 9.42. The number of aryl methyl sites for hydroxylation is 1. The predicted molar refractivity (Wildman–Crippen MR) is 139 cm³/mol. The van der Waals surface area contributed by atoms with Gasteiger partial charge in [0, 0.05) is 22.8 Å². The molecule has 1 aliphatic heterocycles. The van der Waals surface area contributed by atoms with Gasteiger partial charge in [0.15, 0.2) is 0 Å². The van der Waals surface area contributed by atoms with Crippen molar-refractivity contribution >= 4 is 39.8 Å². The van der Waals surface area contributed by atoms with Crippen molar-refractivity contribution in [1.82, 2.24) is 15.0 Å². The van der Waals surface area contributed by atoms with Crippen LogP contribution in [-0.2, 0) is 4.74 Å². The molecule has 9 nitrogen and oxygen atoms in total. The molecular weight excluding hydrogens is 454 g/mol. The molecule has 0 atom stereocenters. The first kappa shape index (κ1) is 21.8. The van der Waals surface area contributed by atoms with Crippen LogP contribution in [0.4, 0.5) is 17.2 Å². The van der Waals surface area contributed by atoms with Gasteiger partial charge in [0.25, 0.3) is 11.7 Å². The molecule has 9 heteroatoms. The molecule has 0 bridgehead atoms. The monoisotopic (exact) mass is 480 g/mol. The summed E-state index contributed by atoms with van der Waals surface area (Å²) in [6.07, 6.45) is 7.36. The van der Waals surface area contributed by atoms with Gasteiger partial charge >= 0.3 is 0 Å². The second-order valence-electron chi connectivity index (χ2n) is 9.42. The Bertz CT molecular complexity index is 1620. The predicted octanol–water partition coefficient (Wildman–Crippen LogP) is 5.12. The molecule has 3 aromatic heterocycles. The molecule has 0 fully saturated rings. The van der Waals surface area contributed by atoms with E-state index in [4.69, 9.17) is 9.47 Å². The number of aromatic amines is 1. The van der Waals surface area contributed by atoms with Crippen LogP contribution in [0.1, 0.15) is 19.4 Å². The fourth-order valence-corrected chi connectivity index (χ4v) is 4.12. The summed E-state index contributed by atoms with van der Waals surface area (Å²) in [5.41, 5.74) is 4.33. The van der Waals surface area contributed by atoms with E-state index in [-0.39, 0.29) is 5.54 Å². The maximum atomic E-state index is 6.14. The average Bonchev–Trinajstić information content (AvgIpc) is 3.46. The minimum atomic E-state index is -0.226. The molecule has 0 amide bonds. The number of anilines is 3. The molecule has 0 aliphatic carbocycles. The molecule has 0 saturated heterocycles. The van der Waals surface area contributed by atoms with E-state index in [0.717, 1.165) is 45.0 Å². The molecule has 2 aromatic carbocycles. The standard InChI is InChI=1S/C27H25N7O2/c1-17-12-18(5-7-23(17)36-20-8-10-34-11-9-28-24(34)14-20)31-25-21-13-19(4-6-22(21)29-16-30-25)32-26-33-27(2,3)15-35-26/h4-14,16H,15H2,1-3H3,(H2,29,30,31,32,33)/p+1. The summed E-state index contributed by atoms with van der Waals surface area (Å²) in [4.78, 5) is 16.7. The number of ether oxygens (including phenoxy) is 2. The molecule has 4 heterocycles. The summed E-state index contributed by atoms with van der Waals surface area (Å²) in [6, 6.07) is 16.3. The normalized spacial score (nSPS) is 14.5. The van der Waals surface area contributed by atoms with Crippen LogP contribution in [0, 0.1) is 6.92 Å². The Morgan fingerprint density at radius 1 is 1.00 bits per heavy atom. The Morgan fingerprint density at radius 3 is 2.69 bits per heavy atom. The van der Waals surface area contributed by atoms with Gasteiger partial charge in [-0.3, -0.25) is 0 Å². The van der Waals surface area contributed by atoms with Gasteiger partial charge in [-0.1, -0.05) is 0 Å². The number of hydrogen-bond donors (Lipinski definition) is 3. The number of fused-ring (bicyclic) bond motifs is 2. The number of H-pyrrole nitrogens is 1. The van der Waals surface area contributed by atoms with Crippen molar-refractivity contribution in [1.29, 1.82) is 0 Å². The summed E-state index contributed by atoms with van der Waals surface area (Å²) >= 11 is 0. The third kappa shape index (κ3) is 4.38. The highest BCUT2D eigenvalue weighted by molar-refractivity contribution is 5.97. The molecule has 0 unspecified atom stereocenters. The van der Waals surface area contributed by atoms with Crippen molar-refractivity contribution in [2.75, 3.05) is 17.2 Å². The first-order valence-electron chi connectivity index (χ1n) is 11.7. The maximum Gasteiger partial charge on any atom is 0.289 e. The molecule has 1 aliphatic rings. The van der Waals surface area contributed by atoms with Crippen molar-refractivity contribution in [3.63, 3.8) is 0 Å². The molecule has 180 valence electrons. The third-order valence-electron chi connectivity index (χ3n) is 5.94. The number of nitrogens with one attached hydrogen (secondary N) is 3. The molecule has 0 radical (unpaired) electrons. The molecule has 0 saturated carbocycles. The van der Waals surface area contributed by atoms with Crippen molar-refractivity contribution < 1.29 is 13.9 Å². The summed E-state index contributed by atoms with van der Waals surface area (Å²) in [5.74, 6) is 2.26. The number of aliphatic imine (C=N–C) groups is 1. The minimum absolute atomic E-state index is 0.226. The summed E-state index contributed by atoms with van der Waals surface area (Å²) in [5, 5.41) is 7.57. The lowest BCUT2D eigenvalue weighted by molar-refractivity contribution is -0.510. The zero-order valence-corrected chi connectivity index (χ0v) is 20.2. The molecular formula is C27H26N7O2+. The van der Waals surface area contributed by atoms with Gasteiger partial charge in [-0.15, -0.1) is 0 Å². The molecule has 0 spiro atoms. The highest BCUT2D eigenvalue weighted by atomic mass is 16.5. The molecule has 3 N–H and O–H groups in total. The maximum absolute atomic E-state index is 6.14. The van der Waals surface area contributed by atoms with Gasteiger partial charge in [-0.05, 0) is 62.7 Å². The van der Waals surface area contributed by atoms with E-state index in [1.54, 1.807) is 6.33 Å². The first-order chi connectivity index (χ1) is 17.4. The van der Waals surface area contributed by atoms with Crippen LogP contribution in [0.3, 0.4) is 0 Å². The lowest BCUT2D eigenvalue weighted by Gasteiger charge is -2.13. The van der Waals surface area contributed by atoms with E-state index >= 15 is 0 Å². The van der Waals surface area contributed by atoms with Crippen LogP contribution in [0.15, 0.2) is 78.4 Å². The lowest BCUT2D eigenvalue weighted by Crippen LogP contribution is -2.17.